The van der Waals surface area contributed by atoms with Gasteiger partial charge in [0.05, 0.1) is 26.1 Å². The molecule has 0 aliphatic carbocycles. The van der Waals surface area contributed by atoms with E-state index in [0.717, 1.165) is 31.0 Å². The summed E-state index contributed by atoms with van der Waals surface area (Å²) in [5, 5.41) is 2.90. The maximum absolute atomic E-state index is 12.5. The minimum absolute atomic E-state index is 0.0608. The quantitative estimate of drug-likeness (QED) is 0.521. The van der Waals surface area contributed by atoms with E-state index in [1.54, 1.807) is 50.7 Å². The number of carbonyl (C=O) groups excluding carboxylic acids is 1. The van der Waals surface area contributed by atoms with Gasteiger partial charge in [-0.3, -0.25) is 9.69 Å². The van der Waals surface area contributed by atoms with Crippen LogP contribution in [0, 0.1) is 0 Å². The Morgan fingerprint density at radius 3 is 2.60 bits per heavy atom. The average molecular weight is 478 g/mol. The fourth-order valence-corrected chi connectivity index (χ4v) is 4.19. The van der Waals surface area contributed by atoms with E-state index in [4.69, 9.17) is 23.7 Å². The summed E-state index contributed by atoms with van der Waals surface area (Å²) < 4.78 is 27.3. The lowest BCUT2D eigenvalue weighted by Gasteiger charge is -2.29. The number of pyridine rings is 1. The van der Waals surface area contributed by atoms with Gasteiger partial charge in [-0.1, -0.05) is 0 Å². The van der Waals surface area contributed by atoms with Gasteiger partial charge in [0.1, 0.15) is 5.75 Å². The summed E-state index contributed by atoms with van der Waals surface area (Å²) in [6, 6.07) is 12.9. The molecule has 2 aliphatic heterocycles. The number of methoxy groups -OCH3 is 2. The van der Waals surface area contributed by atoms with E-state index in [1.807, 2.05) is 12.1 Å². The molecule has 0 atom stereocenters. The van der Waals surface area contributed by atoms with Gasteiger partial charge in [-0.2, -0.15) is 0 Å². The third kappa shape index (κ3) is 5.25. The number of hydrogen-bond acceptors (Lipinski definition) is 8. The Morgan fingerprint density at radius 2 is 1.83 bits per heavy atom. The SMILES string of the molecule is COc1cc2c(cc1OC)CN(CCC(=O)Nc1ccc(Oc3ccc4c(c3)OCO4)nc1)CC2. The molecular formula is C26H27N3O6. The number of fused-ring (bicyclic) bond motifs is 2. The van der Waals surface area contributed by atoms with Crippen LogP contribution in [0.4, 0.5) is 5.69 Å². The number of nitrogens with zero attached hydrogens (tertiary/aromatic N) is 2. The summed E-state index contributed by atoms with van der Waals surface area (Å²) in [5.74, 6) is 3.76. The molecule has 35 heavy (non-hydrogen) atoms. The van der Waals surface area contributed by atoms with Crippen LogP contribution in [-0.2, 0) is 17.8 Å². The van der Waals surface area contributed by atoms with Crippen molar-refractivity contribution in [3.05, 3.63) is 59.8 Å². The number of anilines is 1. The van der Waals surface area contributed by atoms with Crippen molar-refractivity contribution in [2.75, 3.05) is 39.4 Å². The van der Waals surface area contributed by atoms with E-state index in [1.165, 1.54) is 11.1 Å². The summed E-state index contributed by atoms with van der Waals surface area (Å²) >= 11 is 0. The molecule has 0 spiro atoms. The van der Waals surface area contributed by atoms with Crippen LogP contribution < -0.4 is 29.0 Å². The molecule has 0 fully saturated rings. The van der Waals surface area contributed by atoms with Crippen LogP contribution in [0.25, 0.3) is 0 Å². The molecule has 9 nitrogen and oxygen atoms in total. The molecule has 0 saturated carbocycles. The Morgan fingerprint density at radius 1 is 1.03 bits per heavy atom. The Hall–Kier alpha value is -3.98. The number of amides is 1. The zero-order valence-corrected chi connectivity index (χ0v) is 19.7. The molecule has 2 aromatic carbocycles. The second kappa shape index (κ2) is 10.1. The summed E-state index contributed by atoms with van der Waals surface area (Å²) in [5.41, 5.74) is 3.09. The van der Waals surface area contributed by atoms with Crippen molar-refractivity contribution >= 4 is 11.6 Å². The van der Waals surface area contributed by atoms with Crippen LogP contribution in [-0.4, -0.2) is 49.9 Å². The Kier molecular flexibility index (Phi) is 6.58. The highest BCUT2D eigenvalue weighted by Gasteiger charge is 2.20. The van der Waals surface area contributed by atoms with Crippen molar-refractivity contribution in [1.82, 2.24) is 9.88 Å². The Balaban J connectivity index is 1.11. The topological polar surface area (TPSA) is 91.4 Å². The summed E-state index contributed by atoms with van der Waals surface area (Å²) in [4.78, 5) is 19.1. The molecule has 0 radical (unpaired) electrons. The van der Waals surface area contributed by atoms with Gasteiger partial charge in [-0.05, 0) is 47.9 Å². The van der Waals surface area contributed by atoms with Crippen molar-refractivity contribution in [3.63, 3.8) is 0 Å². The predicted molar refractivity (Wildman–Crippen MR) is 129 cm³/mol. The Bertz CT molecular complexity index is 1210. The number of aromatic nitrogens is 1. The number of benzene rings is 2. The maximum Gasteiger partial charge on any atom is 0.231 e. The first-order chi connectivity index (χ1) is 17.1. The molecule has 3 heterocycles. The Labute approximate surface area is 203 Å². The standard InChI is InChI=1S/C26H27N3O6/c1-31-22-11-17-7-9-29(15-18(17)12-23(22)32-2)10-8-25(30)28-19-3-6-26(27-14-19)35-20-4-5-21-24(13-20)34-16-33-21/h3-6,11-14H,7-10,15-16H2,1-2H3,(H,28,30). The van der Waals surface area contributed by atoms with E-state index in [0.29, 0.717) is 41.8 Å². The average Bonchev–Trinajstić information content (AvgIpc) is 3.35. The lowest BCUT2D eigenvalue weighted by atomic mass is 9.98. The third-order valence-electron chi connectivity index (χ3n) is 6.04. The number of carbonyl (C=O) groups is 1. The van der Waals surface area contributed by atoms with Gasteiger partial charge in [0.25, 0.3) is 0 Å². The van der Waals surface area contributed by atoms with Crippen LogP contribution in [0.5, 0.6) is 34.6 Å². The van der Waals surface area contributed by atoms with Crippen LogP contribution in [0.2, 0.25) is 0 Å². The van der Waals surface area contributed by atoms with Crippen LogP contribution in [0.15, 0.2) is 48.7 Å². The van der Waals surface area contributed by atoms with Crippen LogP contribution in [0.3, 0.4) is 0 Å². The lowest BCUT2D eigenvalue weighted by molar-refractivity contribution is -0.116. The van der Waals surface area contributed by atoms with Gasteiger partial charge in [-0.25, -0.2) is 4.98 Å². The lowest BCUT2D eigenvalue weighted by Crippen LogP contribution is -2.33. The number of ether oxygens (including phenoxy) is 5. The van der Waals surface area contributed by atoms with Crippen molar-refractivity contribution in [2.24, 2.45) is 0 Å². The van der Waals surface area contributed by atoms with E-state index in [-0.39, 0.29) is 12.7 Å². The van der Waals surface area contributed by atoms with Gasteiger partial charge in [0, 0.05) is 38.2 Å². The molecule has 182 valence electrons. The molecule has 1 N–H and O–H groups in total. The number of rotatable bonds is 8. The maximum atomic E-state index is 12.5. The normalized spacial score (nSPS) is 14.2. The molecule has 1 amide bonds. The molecule has 0 bridgehead atoms. The fourth-order valence-electron chi connectivity index (χ4n) is 4.19. The fraction of sp³-hybridized carbons (Fsp3) is 0.308. The van der Waals surface area contributed by atoms with Crippen molar-refractivity contribution in [3.8, 4) is 34.6 Å². The first-order valence-electron chi connectivity index (χ1n) is 11.4. The third-order valence-corrected chi connectivity index (χ3v) is 6.04. The second-order valence-corrected chi connectivity index (χ2v) is 8.30. The molecular weight excluding hydrogens is 450 g/mol. The number of nitrogens with one attached hydrogen (secondary N) is 1. The van der Waals surface area contributed by atoms with Gasteiger partial charge in [-0.15, -0.1) is 0 Å². The predicted octanol–water partition coefficient (Wildman–Crippen LogP) is 4.01. The molecule has 0 unspecified atom stereocenters. The van der Waals surface area contributed by atoms with E-state index in [9.17, 15) is 4.79 Å². The second-order valence-electron chi connectivity index (χ2n) is 8.30. The van der Waals surface area contributed by atoms with E-state index < -0.39 is 0 Å². The summed E-state index contributed by atoms with van der Waals surface area (Å²) in [6.45, 7) is 2.54. The first kappa shape index (κ1) is 22.8. The molecule has 2 aliphatic rings. The van der Waals surface area contributed by atoms with Crippen LogP contribution >= 0.6 is 0 Å². The van der Waals surface area contributed by atoms with Crippen molar-refractivity contribution in [2.45, 2.75) is 19.4 Å². The zero-order valence-electron chi connectivity index (χ0n) is 19.7. The highest BCUT2D eigenvalue weighted by Crippen LogP contribution is 2.36. The molecule has 9 heteroatoms. The summed E-state index contributed by atoms with van der Waals surface area (Å²) in [6.07, 6.45) is 2.88. The van der Waals surface area contributed by atoms with Gasteiger partial charge in [0.15, 0.2) is 23.0 Å². The van der Waals surface area contributed by atoms with E-state index >= 15 is 0 Å². The smallest absolute Gasteiger partial charge is 0.231 e. The molecule has 0 saturated heterocycles. The first-order valence-corrected chi connectivity index (χ1v) is 11.4. The van der Waals surface area contributed by atoms with Crippen LogP contribution in [0.1, 0.15) is 17.5 Å². The summed E-state index contributed by atoms with van der Waals surface area (Å²) in [7, 11) is 3.29. The molecule has 5 rings (SSSR count). The monoisotopic (exact) mass is 477 g/mol. The highest BCUT2D eigenvalue weighted by molar-refractivity contribution is 5.90. The van der Waals surface area contributed by atoms with Crippen molar-refractivity contribution in [1.29, 1.82) is 0 Å². The van der Waals surface area contributed by atoms with Gasteiger partial charge >= 0.3 is 0 Å². The van der Waals surface area contributed by atoms with Crippen molar-refractivity contribution < 1.29 is 28.5 Å². The number of hydrogen-bond donors (Lipinski definition) is 1. The minimum atomic E-state index is -0.0608. The van der Waals surface area contributed by atoms with Gasteiger partial charge in [0.2, 0.25) is 18.6 Å². The molecule has 3 aromatic rings. The zero-order chi connectivity index (χ0) is 24.2. The molecule has 1 aromatic heterocycles. The minimum Gasteiger partial charge on any atom is -0.493 e. The van der Waals surface area contributed by atoms with Gasteiger partial charge < -0.3 is 29.0 Å². The largest absolute Gasteiger partial charge is 0.493 e. The van der Waals surface area contributed by atoms with E-state index in [2.05, 4.69) is 15.2 Å². The highest BCUT2D eigenvalue weighted by atomic mass is 16.7.